The minimum atomic E-state index is -0.491. The molecule has 0 spiro atoms. The quantitative estimate of drug-likeness (QED) is 0.0894. The number of rotatable bonds is 31. The van der Waals surface area contributed by atoms with Gasteiger partial charge in [-0.2, -0.15) is 0 Å². The van der Waals surface area contributed by atoms with Crippen LogP contribution in [-0.4, -0.2) is 11.1 Å². The van der Waals surface area contributed by atoms with Crippen molar-refractivity contribution in [2.45, 2.75) is 214 Å². The van der Waals surface area contributed by atoms with E-state index in [1.807, 2.05) is 0 Å². The second-order valence-corrected chi connectivity index (χ2v) is 12.7. The summed E-state index contributed by atoms with van der Waals surface area (Å²) in [6.45, 7) is 9.12. The normalized spacial score (nSPS) is 12.7. The Morgan fingerprint density at radius 3 is 1.03 bits per heavy atom. The molecule has 1 atom stereocenters. The first kappa shape index (κ1) is 37.5. The third kappa shape index (κ3) is 20.4. The third-order valence-corrected chi connectivity index (χ3v) is 9.22. The molecule has 0 radical (unpaired) electrons. The van der Waals surface area contributed by atoms with Crippen LogP contribution in [0.1, 0.15) is 214 Å². The maximum absolute atomic E-state index is 12.8. The summed E-state index contributed by atoms with van der Waals surface area (Å²) in [6, 6.07) is 0. The summed E-state index contributed by atoms with van der Waals surface area (Å²) < 4.78 is 0. The minimum Gasteiger partial charge on any atom is -0.481 e. The average molecular weight is 537 g/mol. The van der Waals surface area contributed by atoms with Gasteiger partial charge in [0.25, 0.3) is 0 Å². The summed E-state index contributed by atoms with van der Waals surface area (Å²) in [5.74, 6) is -0.630. The van der Waals surface area contributed by atoms with Crippen molar-refractivity contribution in [3.05, 3.63) is 0 Å². The van der Waals surface area contributed by atoms with Crippen LogP contribution < -0.4 is 0 Å². The van der Waals surface area contributed by atoms with Crippen molar-refractivity contribution in [2.75, 3.05) is 0 Å². The number of aliphatic carboxylic acids is 1. The van der Waals surface area contributed by atoms with E-state index in [0.717, 1.165) is 32.1 Å². The van der Waals surface area contributed by atoms with Crippen molar-refractivity contribution >= 4 is 5.97 Å². The van der Waals surface area contributed by atoms with E-state index in [-0.39, 0.29) is 11.3 Å². The molecule has 0 aromatic heterocycles. The van der Waals surface area contributed by atoms with Crippen molar-refractivity contribution in [2.24, 2.45) is 11.3 Å². The number of carboxylic acid groups (broad SMARTS) is 1. The molecule has 0 aliphatic heterocycles. The molecular weight excluding hydrogens is 464 g/mol. The smallest absolute Gasteiger partial charge is 0.307 e. The standard InChI is InChI=1S/C36H72O2/c1-5-9-13-17-19-20-21-22-24-26-30-34(35(37)38)36(31-27-15-11-7-3,32-28-16-12-8-4)33-29-25-23-18-14-10-6-2/h34H,5-33H2,1-4H3,(H,37,38). The van der Waals surface area contributed by atoms with Crippen LogP contribution in [-0.2, 0) is 4.79 Å². The van der Waals surface area contributed by atoms with Crippen molar-refractivity contribution in [1.82, 2.24) is 0 Å². The Morgan fingerprint density at radius 1 is 0.447 bits per heavy atom. The topological polar surface area (TPSA) is 37.3 Å². The fourth-order valence-electron chi connectivity index (χ4n) is 6.67. The van der Waals surface area contributed by atoms with Crippen LogP contribution >= 0.6 is 0 Å². The zero-order valence-electron chi connectivity index (χ0n) is 26.9. The van der Waals surface area contributed by atoms with Gasteiger partial charge in [-0.1, -0.05) is 188 Å². The fourth-order valence-corrected chi connectivity index (χ4v) is 6.67. The lowest BCUT2D eigenvalue weighted by molar-refractivity contribution is -0.148. The number of carbonyl (C=O) groups is 1. The number of unbranched alkanes of at least 4 members (excludes halogenated alkanes) is 21. The van der Waals surface area contributed by atoms with E-state index in [9.17, 15) is 9.90 Å². The van der Waals surface area contributed by atoms with E-state index in [4.69, 9.17) is 0 Å². The first-order valence-corrected chi connectivity index (χ1v) is 17.8. The predicted molar refractivity (Wildman–Crippen MR) is 170 cm³/mol. The molecule has 228 valence electrons. The SMILES string of the molecule is CCCCCCCCCCCCC(C(=O)O)C(CCCCCC)(CCCCCC)CCCCCCCCC. The van der Waals surface area contributed by atoms with Crippen molar-refractivity contribution in [3.8, 4) is 0 Å². The van der Waals surface area contributed by atoms with Crippen molar-refractivity contribution < 1.29 is 9.90 Å². The van der Waals surface area contributed by atoms with Crippen LogP contribution in [0.25, 0.3) is 0 Å². The summed E-state index contributed by atoms with van der Waals surface area (Å²) in [4.78, 5) is 12.8. The number of carboxylic acids is 1. The van der Waals surface area contributed by atoms with Gasteiger partial charge in [0.2, 0.25) is 0 Å². The van der Waals surface area contributed by atoms with E-state index in [2.05, 4.69) is 27.7 Å². The molecule has 38 heavy (non-hydrogen) atoms. The summed E-state index contributed by atoms with van der Waals surface area (Å²) >= 11 is 0. The molecule has 0 aromatic carbocycles. The Kier molecular flexibility index (Phi) is 27.6. The Hall–Kier alpha value is -0.530. The van der Waals surface area contributed by atoms with E-state index in [1.165, 1.54) is 154 Å². The Labute approximate surface area is 240 Å². The second kappa shape index (κ2) is 28.0. The monoisotopic (exact) mass is 537 g/mol. The summed E-state index contributed by atoms with van der Waals surface area (Å²) in [7, 11) is 0. The summed E-state index contributed by atoms with van der Waals surface area (Å²) in [5.41, 5.74) is 0.0238. The Bertz CT molecular complexity index is 474. The van der Waals surface area contributed by atoms with Gasteiger partial charge < -0.3 is 5.11 Å². The molecule has 0 aromatic rings. The predicted octanol–water partition coefficient (Wildman–Crippen LogP) is 13.1. The lowest BCUT2D eigenvalue weighted by Gasteiger charge is -2.40. The molecule has 0 heterocycles. The van der Waals surface area contributed by atoms with Crippen LogP contribution in [0, 0.1) is 11.3 Å². The summed E-state index contributed by atoms with van der Waals surface area (Å²) in [6.07, 6.45) is 36.9. The largest absolute Gasteiger partial charge is 0.481 e. The zero-order valence-corrected chi connectivity index (χ0v) is 26.9. The molecule has 0 aliphatic rings. The van der Waals surface area contributed by atoms with Crippen molar-refractivity contribution in [3.63, 3.8) is 0 Å². The second-order valence-electron chi connectivity index (χ2n) is 12.7. The van der Waals surface area contributed by atoms with E-state index in [1.54, 1.807) is 0 Å². The highest BCUT2D eigenvalue weighted by atomic mass is 16.4. The van der Waals surface area contributed by atoms with E-state index >= 15 is 0 Å². The molecule has 1 unspecified atom stereocenters. The molecule has 0 rings (SSSR count). The van der Waals surface area contributed by atoms with Gasteiger partial charge in [0.05, 0.1) is 5.92 Å². The van der Waals surface area contributed by atoms with Gasteiger partial charge in [0.1, 0.15) is 0 Å². The van der Waals surface area contributed by atoms with Crippen LogP contribution in [0.3, 0.4) is 0 Å². The van der Waals surface area contributed by atoms with Gasteiger partial charge in [-0.25, -0.2) is 0 Å². The Morgan fingerprint density at radius 2 is 0.711 bits per heavy atom. The highest BCUT2D eigenvalue weighted by Crippen LogP contribution is 2.46. The fraction of sp³-hybridized carbons (Fsp3) is 0.972. The molecular formula is C36H72O2. The highest BCUT2D eigenvalue weighted by molar-refractivity contribution is 5.71. The van der Waals surface area contributed by atoms with Gasteiger partial charge in [-0.3, -0.25) is 4.79 Å². The maximum Gasteiger partial charge on any atom is 0.307 e. The van der Waals surface area contributed by atoms with E-state index < -0.39 is 5.97 Å². The lowest BCUT2D eigenvalue weighted by atomic mass is 9.64. The molecule has 0 fully saturated rings. The van der Waals surface area contributed by atoms with Crippen LogP contribution in [0.4, 0.5) is 0 Å². The van der Waals surface area contributed by atoms with Crippen LogP contribution in [0.2, 0.25) is 0 Å². The lowest BCUT2D eigenvalue weighted by Crippen LogP contribution is -2.36. The van der Waals surface area contributed by atoms with Gasteiger partial charge in [-0.05, 0) is 31.1 Å². The average Bonchev–Trinajstić information content (AvgIpc) is 2.91. The molecule has 0 aliphatic carbocycles. The molecule has 0 saturated carbocycles. The molecule has 0 saturated heterocycles. The number of hydrogen-bond donors (Lipinski definition) is 1. The van der Waals surface area contributed by atoms with Gasteiger partial charge in [-0.15, -0.1) is 0 Å². The van der Waals surface area contributed by atoms with Crippen molar-refractivity contribution in [1.29, 1.82) is 0 Å². The summed E-state index contributed by atoms with van der Waals surface area (Å²) in [5, 5.41) is 10.6. The van der Waals surface area contributed by atoms with Crippen LogP contribution in [0.15, 0.2) is 0 Å². The maximum atomic E-state index is 12.8. The molecule has 0 bridgehead atoms. The molecule has 1 N–H and O–H groups in total. The Balaban J connectivity index is 5.08. The van der Waals surface area contributed by atoms with Gasteiger partial charge in [0, 0.05) is 0 Å². The molecule has 2 heteroatoms. The first-order valence-electron chi connectivity index (χ1n) is 17.8. The zero-order chi connectivity index (χ0) is 28.2. The first-order chi connectivity index (χ1) is 18.6. The highest BCUT2D eigenvalue weighted by Gasteiger charge is 2.41. The third-order valence-electron chi connectivity index (χ3n) is 9.22. The minimum absolute atomic E-state index is 0.0238. The van der Waals surface area contributed by atoms with Crippen LogP contribution in [0.5, 0.6) is 0 Å². The van der Waals surface area contributed by atoms with E-state index in [0.29, 0.717) is 0 Å². The van der Waals surface area contributed by atoms with Gasteiger partial charge in [0.15, 0.2) is 0 Å². The molecule has 0 amide bonds. The molecule has 2 nitrogen and oxygen atoms in total. The van der Waals surface area contributed by atoms with Gasteiger partial charge >= 0.3 is 5.97 Å². The number of hydrogen-bond acceptors (Lipinski definition) is 1.